The third-order valence-corrected chi connectivity index (χ3v) is 3.70. The number of rotatable bonds is 5. The predicted molar refractivity (Wildman–Crippen MR) is 78.4 cm³/mol. The molecule has 92 valence electrons. The monoisotopic (exact) mass is 364 g/mol. The first kappa shape index (κ1) is 13.1. The molecule has 3 nitrogen and oxygen atoms in total. The molecular formula is C12H14ClIN2O. The van der Waals surface area contributed by atoms with Crippen molar-refractivity contribution >= 4 is 45.8 Å². The van der Waals surface area contributed by atoms with Crippen molar-refractivity contribution in [2.24, 2.45) is 0 Å². The van der Waals surface area contributed by atoms with E-state index >= 15 is 0 Å². The normalized spacial score (nSPS) is 14.7. The minimum Gasteiger partial charge on any atom is -0.325 e. The van der Waals surface area contributed by atoms with Gasteiger partial charge < -0.3 is 10.6 Å². The second kappa shape index (κ2) is 6.02. The summed E-state index contributed by atoms with van der Waals surface area (Å²) in [6.45, 7) is 0.751. The molecular weight excluding hydrogens is 351 g/mol. The number of halogens is 2. The quantitative estimate of drug-likeness (QED) is 0.789. The van der Waals surface area contributed by atoms with Crippen molar-refractivity contribution in [3.05, 3.63) is 26.8 Å². The molecule has 1 saturated carbocycles. The Kier molecular flexibility index (Phi) is 4.64. The van der Waals surface area contributed by atoms with Gasteiger partial charge in [0.15, 0.2) is 0 Å². The van der Waals surface area contributed by atoms with Crippen LogP contribution in [0.4, 0.5) is 5.69 Å². The maximum absolute atomic E-state index is 11.7. The summed E-state index contributed by atoms with van der Waals surface area (Å²) in [4.78, 5) is 11.7. The highest BCUT2D eigenvalue weighted by Gasteiger charge is 2.20. The topological polar surface area (TPSA) is 41.1 Å². The predicted octanol–water partition coefficient (Wildman–Crippen LogP) is 3.03. The molecule has 1 aliphatic rings. The van der Waals surface area contributed by atoms with E-state index in [-0.39, 0.29) is 5.91 Å². The molecule has 17 heavy (non-hydrogen) atoms. The van der Waals surface area contributed by atoms with Gasteiger partial charge in [-0.3, -0.25) is 4.79 Å². The molecule has 0 bridgehead atoms. The molecule has 1 amide bonds. The smallest absolute Gasteiger partial charge is 0.225 e. The van der Waals surface area contributed by atoms with Crippen molar-refractivity contribution in [1.29, 1.82) is 0 Å². The molecule has 0 unspecified atom stereocenters. The molecule has 5 heteroatoms. The lowest BCUT2D eigenvalue weighted by Crippen LogP contribution is -2.23. The Hall–Kier alpha value is -0.330. The van der Waals surface area contributed by atoms with E-state index in [4.69, 9.17) is 11.6 Å². The minimum atomic E-state index is 0.0402. The zero-order chi connectivity index (χ0) is 12.3. The average Bonchev–Trinajstić information content (AvgIpc) is 3.06. The average molecular weight is 365 g/mol. The largest absolute Gasteiger partial charge is 0.325 e. The van der Waals surface area contributed by atoms with Crippen molar-refractivity contribution in [3.8, 4) is 0 Å². The van der Waals surface area contributed by atoms with Gasteiger partial charge in [-0.05, 0) is 53.6 Å². The third kappa shape index (κ3) is 4.44. The summed E-state index contributed by atoms with van der Waals surface area (Å²) in [6.07, 6.45) is 3.00. The number of anilines is 1. The minimum absolute atomic E-state index is 0.0402. The molecule has 1 aromatic carbocycles. The van der Waals surface area contributed by atoms with E-state index in [0.717, 1.165) is 15.8 Å². The molecule has 1 aliphatic carbocycles. The van der Waals surface area contributed by atoms with Crippen LogP contribution in [0.25, 0.3) is 0 Å². The Labute approximate surface area is 119 Å². The molecule has 2 N–H and O–H groups in total. The third-order valence-electron chi connectivity index (χ3n) is 2.57. The summed E-state index contributed by atoms with van der Waals surface area (Å²) in [6, 6.07) is 6.09. The van der Waals surface area contributed by atoms with E-state index in [0.29, 0.717) is 17.5 Å². The molecule has 0 spiro atoms. The molecule has 0 atom stereocenters. The first-order valence-electron chi connectivity index (χ1n) is 5.63. The van der Waals surface area contributed by atoms with E-state index < -0.39 is 0 Å². The fourth-order valence-electron chi connectivity index (χ4n) is 1.48. The molecule has 2 rings (SSSR count). The number of carbonyl (C=O) groups excluding carboxylic acids is 1. The maximum Gasteiger partial charge on any atom is 0.225 e. The van der Waals surface area contributed by atoms with Gasteiger partial charge >= 0.3 is 0 Å². The number of amides is 1. The van der Waals surface area contributed by atoms with Crippen molar-refractivity contribution in [3.63, 3.8) is 0 Å². The van der Waals surface area contributed by atoms with Crippen molar-refractivity contribution in [2.75, 3.05) is 11.9 Å². The van der Waals surface area contributed by atoms with Gasteiger partial charge in [-0.25, -0.2) is 0 Å². The van der Waals surface area contributed by atoms with Gasteiger partial charge in [0.25, 0.3) is 0 Å². The highest BCUT2D eigenvalue weighted by atomic mass is 127. The first-order valence-corrected chi connectivity index (χ1v) is 7.09. The second-order valence-electron chi connectivity index (χ2n) is 4.15. The van der Waals surface area contributed by atoms with Gasteiger partial charge in [0, 0.05) is 27.6 Å². The summed E-state index contributed by atoms with van der Waals surface area (Å²) in [7, 11) is 0. The Morgan fingerprint density at radius 1 is 1.47 bits per heavy atom. The lowest BCUT2D eigenvalue weighted by atomic mass is 10.3. The van der Waals surface area contributed by atoms with E-state index in [9.17, 15) is 4.79 Å². The maximum atomic E-state index is 11.7. The summed E-state index contributed by atoms with van der Waals surface area (Å²) < 4.78 is 0.957. The molecule has 1 aromatic rings. The van der Waals surface area contributed by atoms with Crippen LogP contribution in [0.3, 0.4) is 0 Å². The van der Waals surface area contributed by atoms with Crippen LogP contribution in [0.15, 0.2) is 18.2 Å². The van der Waals surface area contributed by atoms with Gasteiger partial charge in [0.1, 0.15) is 0 Å². The summed E-state index contributed by atoms with van der Waals surface area (Å²) in [5.74, 6) is 0.0402. The van der Waals surface area contributed by atoms with E-state index in [1.165, 1.54) is 12.8 Å². The summed E-state index contributed by atoms with van der Waals surface area (Å²) >= 11 is 8.01. The number of hydrogen-bond donors (Lipinski definition) is 2. The molecule has 0 saturated heterocycles. The zero-order valence-electron chi connectivity index (χ0n) is 9.30. The van der Waals surface area contributed by atoms with Crippen LogP contribution in [0.2, 0.25) is 5.02 Å². The Bertz CT molecular complexity index is 421. The number of hydrogen-bond acceptors (Lipinski definition) is 2. The summed E-state index contributed by atoms with van der Waals surface area (Å²) in [5.41, 5.74) is 0.825. The van der Waals surface area contributed by atoms with Gasteiger partial charge in [0.05, 0.1) is 5.69 Å². The van der Waals surface area contributed by atoms with Gasteiger partial charge in [-0.15, -0.1) is 0 Å². The molecule has 0 heterocycles. The highest BCUT2D eigenvalue weighted by molar-refractivity contribution is 14.1. The number of nitrogens with one attached hydrogen (secondary N) is 2. The fourth-order valence-corrected chi connectivity index (χ4v) is 2.49. The van der Waals surface area contributed by atoms with Crippen LogP contribution < -0.4 is 10.6 Å². The number of carbonyl (C=O) groups is 1. The Morgan fingerprint density at radius 3 is 2.88 bits per heavy atom. The molecule has 0 aromatic heterocycles. The van der Waals surface area contributed by atoms with Crippen LogP contribution in [0.1, 0.15) is 19.3 Å². The second-order valence-corrected chi connectivity index (χ2v) is 5.75. The van der Waals surface area contributed by atoms with Crippen LogP contribution in [-0.2, 0) is 4.79 Å². The van der Waals surface area contributed by atoms with E-state index in [2.05, 4.69) is 33.2 Å². The molecule has 1 fully saturated rings. The summed E-state index contributed by atoms with van der Waals surface area (Å²) in [5, 5.41) is 6.88. The van der Waals surface area contributed by atoms with E-state index in [1.54, 1.807) is 6.07 Å². The van der Waals surface area contributed by atoms with Crippen LogP contribution >= 0.6 is 34.2 Å². The lowest BCUT2D eigenvalue weighted by molar-refractivity contribution is -0.116. The van der Waals surface area contributed by atoms with E-state index in [1.807, 2.05) is 12.1 Å². The Balaban J connectivity index is 1.79. The standard InChI is InChI=1S/C12H14ClIN2O/c13-8-1-4-11(10(14)7-8)16-12(17)5-6-15-9-2-3-9/h1,4,7,9,15H,2-3,5-6H2,(H,16,17). The van der Waals surface area contributed by atoms with Crippen LogP contribution in [0.5, 0.6) is 0 Å². The van der Waals surface area contributed by atoms with Gasteiger partial charge in [-0.2, -0.15) is 0 Å². The van der Waals surface area contributed by atoms with Crippen molar-refractivity contribution in [2.45, 2.75) is 25.3 Å². The molecule has 0 radical (unpaired) electrons. The van der Waals surface area contributed by atoms with Gasteiger partial charge in [0.2, 0.25) is 5.91 Å². The fraction of sp³-hybridized carbons (Fsp3) is 0.417. The highest BCUT2D eigenvalue weighted by Crippen LogP contribution is 2.22. The molecule has 0 aliphatic heterocycles. The van der Waals surface area contributed by atoms with Crippen molar-refractivity contribution < 1.29 is 4.79 Å². The number of benzene rings is 1. The zero-order valence-corrected chi connectivity index (χ0v) is 12.2. The SMILES string of the molecule is O=C(CCNC1CC1)Nc1ccc(Cl)cc1I. The van der Waals surface area contributed by atoms with Gasteiger partial charge in [-0.1, -0.05) is 11.6 Å². The lowest BCUT2D eigenvalue weighted by Gasteiger charge is -2.08. The Morgan fingerprint density at radius 2 is 2.24 bits per heavy atom. The first-order chi connectivity index (χ1) is 8.15. The van der Waals surface area contributed by atoms with Crippen LogP contribution in [0, 0.1) is 3.57 Å². The van der Waals surface area contributed by atoms with Crippen LogP contribution in [-0.4, -0.2) is 18.5 Å². The van der Waals surface area contributed by atoms with Crippen molar-refractivity contribution in [1.82, 2.24) is 5.32 Å².